The van der Waals surface area contributed by atoms with Gasteiger partial charge >= 0.3 is 0 Å². The molecule has 0 fully saturated rings. The van der Waals surface area contributed by atoms with E-state index in [2.05, 4.69) is 16.7 Å². The van der Waals surface area contributed by atoms with Crippen molar-refractivity contribution in [1.29, 1.82) is 5.26 Å². The molecular weight excluding hydrogens is 234 g/mol. The molecule has 2 N–H and O–H groups in total. The van der Waals surface area contributed by atoms with E-state index in [4.69, 9.17) is 5.26 Å². The largest absolute Gasteiger partial charge is 0.315 e. The lowest BCUT2D eigenvalue weighted by Crippen LogP contribution is -2.47. The zero-order valence-electron chi connectivity index (χ0n) is 10.8. The SMILES string of the molecule is CNC(C)(C)C(=O)Nc1sc(C)c(C)c1C#N. The van der Waals surface area contributed by atoms with E-state index in [-0.39, 0.29) is 5.91 Å². The van der Waals surface area contributed by atoms with Crippen molar-refractivity contribution in [2.45, 2.75) is 33.2 Å². The number of carbonyl (C=O) groups is 1. The third-order valence-corrected chi connectivity index (χ3v) is 4.04. The number of carbonyl (C=O) groups excluding carboxylic acids is 1. The first kappa shape index (κ1) is 13.7. The zero-order valence-corrected chi connectivity index (χ0v) is 11.6. The van der Waals surface area contributed by atoms with Gasteiger partial charge in [-0.2, -0.15) is 5.26 Å². The van der Waals surface area contributed by atoms with Gasteiger partial charge in [0.1, 0.15) is 11.1 Å². The number of nitriles is 1. The normalized spacial score (nSPS) is 11.1. The summed E-state index contributed by atoms with van der Waals surface area (Å²) in [7, 11) is 1.73. The monoisotopic (exact) mass is 251 g/mol. The van der Waals surface area contributed by atoms with Gasteiger partial charge in [-0.25, -0.2) is 0 Å². The molecule has 4 nitrogen and oxygen atoms in total. The first-order valence-corrected chi connectivity index (χ1v) is 6.15. The highest BCUT2D eigenvalue weighted by molar-refractivity contribution is 7.16. The lowest BCUT2D eigenvalue weighted by atomic mass is 10.1. The number of amides is 1. The molecule has 0 aliphatic rings. The summed E-state index contributed by atoms with van der Waals surface area (Å²) in [4.78, 5) is 13.0. The molecule has 1 rings (SSSR count). The summed E-state index contributed by atoms with van der Waals surface area (Å²) in [5.74, 6) is -0.141. The molecule has 17 heavy (non-hydrogen) atoms. The van der Waals surface area contributed by atoms with Gasteiger partial charge in [0.25, 0.3) is 0 Å². The molecule has 0 aliphatic heterocycles. The van der Waals surface area contributed by atoms with Gasteiger partial charge in [-0.3, -0.25) is 4.79 Å². The van der Waals surface area contributed by atoms with Crippen LogP contribution in [0.2, 0.25) is 0 Å². The lowest BCUT2D eigenvalue weighted by Gasteiger charge is -2.22. The Morgan fingerprint density at radius 3 is 2.47 bits per heavy atom. The zero-order chi connectivity index (χ0) is 13.2. The number of hydrogen-bond donors (Lipinski definition) is 2. The van der Waals surface area contributed by atoms with Crippen molar-refractivity contribution in [3.05, 3.63) is 16.0 Å². The summed E-state index contributed by atoms with van der Waals surface area (Å²) in [6.07, 6.45) is 0. The van der Waals surface area contributed by atoms with Crippen LogP contribution < -0.4 is 10.6 Å². The topological polar surface area (TPSA) is 64.9 Å². The highest BCUT2D eigenvalue weighted by Crippen LogP contribution is 2.32. The van der Waals surface area contributed by atoms with Crippen molar-refractivity contribution in [1.82, 2.24) is 5.32 Å². The number of nitrogens with zero attached hydrogens (tertiary/aromatic N) is 1. The summed E-state index contributed by atoms with van der Waals surface area (Å²) < 4.78 is 0. The highest BCUT2D eigenvalue weighted by Gasteiger charge is 2.26. The van der Waals surface area contributed by atoms with Crippen molar-refractivity contribution in [3.63, 3.8) is 0 Å². The Balaban J connectivity index is 3.02. The van der Waals surface area contributed by atoms with E-state index in [0.717, 1.165) is 10.4 Å². The molecule has 1 heterocycles. The Hall–Kier alpha value is -1.38. The average Bonchev–Trinajstić information content (AvgIpc) is 2.54. The predicted molar refractivity (Wildman–Crippen MR) is 70.3 cm³/mol. The van der Waals surface area contributed by atoms with Crippen LogP contribution in [0.4, 0.5) is 5.00 Å². The maximum atomic E-state index is 12.0. The smallest absolute Gasteiger partial charge is 0.244 e. The summed E-state index contributed by atoms with van der Waals surface area (Å²) in [5.41, 5.74) is 0.848. The fraction of sp³-hybridized carbons (Fsp3) is 0.500. The Labute approximate surface area is 106 Å². The highest BCUT2D eigenvalue weighted by atomic mass is 32.1. The maximum Gasteiger partial charge on any atom is 0.244 e. The van der Waals surface area contributed by atoms with Crippen LogP contribution >= 0.6 is 11.3 Å². The molecule has 0 atom stereocenters. The van der Waals surface area contributed by atoms with E-state index in [1.165, 1.54) is 11.3 Å². The standard InChI is InChI=1S/C12H17N3OS/c1-7-8(2)17-10(9(7)6-13)15-11(16)12(3,4)14-5/h14H,1-5H3,(H,15,16). The molecule has 5 heteroatoms. The molecule has 1 aromatic heterocycles. The third kappa shape index (κ3) is 2.65. The van der Waals surface area contributed by atoms with Crippen molar-refractivity contribution < 1.29 is 4.79 Å². The maximum absolute atomic E-state index is 12.0. The summed E-state index contributed by atoms with van der Waals surface area (Å²) in [6.45, 7) is 7.42. The van der Waals surface area contributed by atoms with Crippen molar-refractivity contribution >= 4 is 22.2 Å². The molecule has 0 saturated carbocycles. The summed E-state index contributed by atoms with van der Waals surface area (Å²) in [6, 6.07) is 2.13. The van der Waals surface area contributed by atoms with Gasteiger partial charge in [-0.05, 0) is 40.3 Å². The molecule has 0 unspecified atom stereocenters. The van der Waals surface area contributed by atoms with Gasteiger partial charge in [-0.1, -0.05) is 0 Å². The van der Waals surface area contributed by atoms with Crippen LogP contribution in [0.5, 0.6) is 0 Å². The van der Waals surface area contributed by atoms with Crippen LogP contribution in [-0.4, -0.2) is 18.5 Å². The van der Waals surface area contributed by atoms with Gasteiger partial charge in [0, 0.05) is 4.88 Å². The van der Waals surface area contributed by atoms with E-state index in [1.54, 1.807) is 20.9 Å². The predicted octanol–water partition coefficient (Wildman–Crippen LogP) is 2.17. The second-order valence-electron chi connectivity index (χ2n) is 4.43. The minimum Gasteiger partial charge on any atom is -0.315 e. The number of likely N-dealkylation sites (N-methyl/N-ethyl adjacent to an activating group) is 1. The van der Waals surface area contributed by atoms with Crippen molar-refractivity contribution in [3.8, 4) is 6.07 Å². The number of nitrogens with one attached hydrogen (secondary N) is 2. The molecule has 1 aromatic rings. The molecule has 0 radical (unpaired) electrons. The lowest BCUT2D eigenvalue weighted by molar-refractivity contribution is -0.121. The Bertz CT molecular complexity index is 483. The van der Waals surface area contributed by atoms with Crippen LogP contribution in [-0.2, 0) is 4.79 Å². The molecule has 0 aliphatic carbocycles. The Morgan fingerprint density at radius 2 is 2.00 bits per heavy atom. The van der Waals surface area contributed by atoms with Crippen LogP contribution in [0.1, 0.15) is 29.9 Å². The van der Waals surface area contributed by atoms with E-state index in [1.807, 2.05) is 13.8 Å². The first-order chi connectivity index (χ1) is 7.83. The van der Waals surface area contributed by atoms with E-state index in [0.29, 0.717) is 10.6 Å². The number of anilines is 1. The van der Waals surface area contributed by atoms with Gasteiger partial charge in [0.05, 0.1) is 11.1 Å². The third-order valence-electron chi connectivity index (χ3n) is 2.92. The fourth-order valence-corrected chi connectivity index (χ4v) is 2.23. The minimum absolute atomic E-state index is 0.141. The summed E-state index contributed by atoms with van der Waals surface area (Å²) in [5, 5.41) is 15.4. The van der Waals surface area contributed by atoms with Crippen LogP contribution in [0.25, 0.3) is 0 Å². The average molecular weight is 251 g/mol. The molecule has 0 saturated heterocycles. The van der Waals surface area contributed by atoms with Crippen LogP contribution in [0.15, 0.2) is 0 Å². The van der Waals surface area contributed by atoms with Gasteiger partial charge in [-0.15, -0.1) is 11.3 Å². The van der Waals surface area contributed by atoms with Crippen LogP contribution in [0.3, 0.4) is 0 Å². The van der Waals surface area contributed by atoms with Gasteiger partial charge < -0.3 is 10.6 Å². The number of aryl methyl sites for hydroxylation is 1. The molecule has 0 bridgehead atoms. The number of hydrogen-bond acceptors (Lipinski definition) is 4. The van der Waals surface area contributed by atoms with E-state index < -0.39 is 5.54 Å². The molecule has 92 valence electrons. The molecular formula is C12H17N3OS. The van der Waals surface area contributed by atoms with Crippen LogP contribution in [0, 0.1) is 25.2 Å². The first-order valence-electron chi connectivity index (χ1n) is 5.34. The van der Waals surface area contributed by atoms with E-state index in [9.17, 15) is 4.79 Å². The van der Waals surface area contributed by atoms with E-state index >= 15 is 0 Å². The second-order valence-corrected chi connectivity index (χ2v) is 5.65. The number of rotatable bonds is 3. The summed E-state index contributed by atoms with van der Waals surface area (Å²) >= 11 is 1.44. The minimum atomic E-state index is -0.654. The molecule has 1 amide bonds. The van der Waals surface area contributed by atoms with Gasteiger partial charge in [0.2, 0.25) is 5.91 Å². The molecule has 0 spiro atoms. The fourth-order valence-electron chi connectivity index (χ4n) is 1.22. The molecule has 0 aromatic carbocycles. The number of thiophene rings is 1. The Morgan fingerprint density at radius 1 is 1.41 bits per heavy atom. The van der Waals surface area contributed by atoms with Crippen molar-refractivity contribution in [2.75, 3.05) is 12.4 Å². The Kier molecular flexibility index (Phi) is 3.91. The van der Waals surface area contributed by atoms with Gasteiger partial charge in [0.15, 0.2) is 0 Å². The van der Waals surface area contributed by atoms with Crippen molar-refractivity contribution in [2.24, 2.45) is 0 Å². The second kappa shape index (κ2) is 4.86. The quantitative estimate of drug-likeness (QED) is 0.865.